The largest absolute Gasteiger partial charge is 0.327 e. The molecule has 2 atom stereocenters. The predicted molar refractivity (Wildman–Crippen MR) is 65.9 cm³/mol. The van der Waals surface area contributed by atoms with Gasteiger partial charge in [-0.2, -0.15) is 0 Å². The van der Waals surface area contributed by atoms with Crippen molar-refractivity contribution < 1.29 is 0 Å². The quantitative estimate of drug-likeness (QED) is 0.819. The van der Waals surface area contributed by atoms with E-state index in [1.54, 1.807) is 0 Å². The SMILES string of the molecule is Cc1ccc(C(C)N(C)CC(C)N)cc1. The van der Waals surface area contributed by atoms with Crippen LogP contribution in [-0.2, 0) is 0 Å². The lowest BCUT2D eigenvalue weighted by Crippen LogP contribution is -2.34. The van der Waals surface area contributed by atoms with Crippen LogP contribution in [0.2, 0.25) is 0 Å². The van der Waals surface area contributed by atoms with Crippen molar-refractivity contribution >= 4 is 0 Å². The topological polar surface area (TPSA) is 29.3 Å². The summed E-state index contributed by atoms with van der Waals surface area (Å²) in [7, 11) is 2.12. The number of aryl methyl sites for hydroxylation is 1. The van der Waals surface area contributed by atoms with Crippen LogP contribution >= 0.6 is 0 Å². The van der Waals surface area contributed by atoms with E-state index >= 15 is 0 Å². The van der Waals surface area contributed by atoms with E-state index in [1.807, 2.05) is 6.92 Å². The maximum Gasteiger partial charge on any atom is 0.0317 e. The third-order valence-corrected chi connectivity index (χ3v) is 2.80. The summed E-state index contributed by atoms with van der Waals surface area (Å²) in [6.45, 7) is 7.29. The van der Waals surface area contributed by atoms with Gasteiger partial charge in [0.1, 0.15) is 0 Å². The molecule has 1 aromatic carbocycles. The Balaban J connectivity index is 2.67. The molecular formula is C13H22N2. The Morgan fingerprint density at radius 2 is 1.73 bits per heavy atom. The highest BCUT2D eigenvalue weighted by molar-refractivity contribution is 5.23. The summed E-state index contributed by atoms with van der Waals surface area (Å²) in [6, 6.07) is 9.35. The van der Waals surface area contributed by atoms with Crippen LogP contribution in [0.5, 0.6) is 0 Å². The minimum absolute atomic E-state index is 0.225. The highest BCUT2D eigenvalue weighted by atomic mass is 15.1. The number of benzene rings is 1. The average molecular weight is 206 g/mol. The zero-order chi connectivity index (χ0) is 11.4. The first-order valence-electron chi connectivity index (χ1n) is 5.53. The zero-order valence-corrected chi connectivity index (χ0v) is 10.2. The van der Waals surface area contributed by atoms with Crippen LogP contribution in [0.3, 0.4) is 0 Å². The first kappa shape index (κ1) is 12.2. The number of nitrogens with two attached hydrogens (primary N) is 1. The highest BCUT2D eigenvalue weighted by Gasteiger charge is 2.12. The summed E-state index contributed by atoms with van der Waals surface area (Å²) in [5.41, 5.74) is 8.45. The van der Waals surface area contributed by atoms with Gasteiger partial charge < -0.3 is 5.73 Å². The van der Waals surface area contributed by atoms with Crippen LogP contribution in [0.25, 0.3) is 0 Å². The van der Waals surface area contributed by atoms with Gasteiger partial charge in [0.2, 0.25) is 0 Å². The minimum atomic E-state index is 0.225. The van der Waals surface area contributed by atoms with Gasteiger partial charge in [-0.3, -0.25) is 4.90 Å². The first-order chi connectivity index (χ1) is 7.00. The predicted octanol–water partition coefficient (Wildman–Crippen LogP) is 2.34. The first-order valence-corrected chi connectivity index (χ1v) is 5.53. The van der Waals surface area contributed by atoms with Gasteiger partial charge in [0.25, 0.3) is 0 Å². The van der Waals surface area contributed by atoms with E-state index in [1.165, 1.54) is 11.1 Å². The number of rotatable bonds is 4. The Kier molecular flexibility index (Phi) is 4.30. The summed E-state index contributed by atoms with van der Waals surface area (Å²) in [4.78, 5) is 2.29. The fraction of sp³-hybridized carbons (Fsp3) is 0.538. The zero-order valence-electron chi connectivity index (χ0n) is 10.2. The number of hydrogen-bond donors (Lipinski definition) is 1. The molecule has 0 bridgehead atoms. The molecule has 0 aromatic heterocycles. The lowest BCUT2D eigenvalue weighted by atomic mass is 10.1. The van der Waals surface area contributed by atoms with Crippen molar-refractivity contribution in [2.75, 3.05) is 13.6 Å². The van der Waals surface area contributed by atoms with Gasteiger partial charge in [0.15, 0.2) is 0 Å². The number of hydrogen-bond acceptors (Lipinski definition) is 2. The van der Waals surface area contributed by atoms with Crippen molar-refractivity contribution in [1.82, 2.24) is 4.90 Å². The Labute approximate surface area is 93.1 Å². The van der Waals surface area contributed by atoms with Crippen LogP contribution < -0.4 is 5.73 Å². The van der Waals surface area contributed by atoms with E-state index in [2.05, 4.69) is 50.1 Å². The summed E-state index contributed by atoms with van der Waals surface area (Å²) in [5, 5.41) is 0. The molecule has 0 aliphatic rings. The van der Waals surface area contributed by atoms with Crippen LogP contribution in [0.1, 0.15) is 31.0 Å². The van der Waals surface area contributed by atoms with Gasteiger partial charge in [-0.15, -0.1) is 0 Å². The van der Waals surface area contributed by atoms with Crippen LogP contribution in [-0.4, -0.2) is 24.5 Å². The molecule has 0 heterocycles. The van der Waals surface area contributed by atoms with Gasteiger partial charge in [-0.25, -0.2) is 0 Å². The van der Waals surface area contributed by atoms with E-state index < -0.39 is 0 Å². The molecule has 0 spiro atoms. The summed E-state index contributed by atoms with van der Waals surface area (Å²) in [5.74, 6) is 0. The lowest BCUT2D eigenvalue weighted by molar-refractivity contribution is 0.249. The van der Waals surface area contributed by atoms with Crippen LogP contribution in [0.15, 0.2) is 24.3 Å². The van der Waals surface area contributed by atoms with Crippen molar-refractivity contribution in [3.8, 4) is 0 Å². The molecule has 0 amide bonds. The van der Waals surface area contributed by atoms with Gasteiger partial charge in [0, 0.05) is 18.6 Å². The monoisotopic (exact) mass is 206 g/mol. The van der Waals surface area contributed by atoms with Crippen molar-refractivity contribution in [1.29, 1.82) is 0 Å². The molecule has 15 heavy (non-hydrogen) atoms. The molecule has 0 aliphatic carbocycles. The molecule has 0 aliphatic heterocycles. The second kappa shape index (κ2) is 5.29. The molecule has 2 heteroatoms. The Bertz CT molecular complexity index is 290. The molecule has 1 rings (SSSR count). The molecule has 0 saturated carbocycles. The fourth-order valence-corrected chi connectivity index (χ4v) is 1.71. The number of likely N-dealkylation sites (N-methyl/N-ethyl adjacent to an activating group) is 1. The van der Waals surface area contributed by atoms with E-state index in [9.17, 15) is 0 Å². The van der Waals surface area contributed by atoms with Crippen LogP contribution in [0.4, 0.5) is 0 Å². The van der Waals surface area contributed by atoms with E-state index in [4.69, 9.17) is 5.73 Å². The maximum atomic E-state index is 5.79. The average Bonchev–Trinajstić information content (AvgIpc) is 2.17. The van der Waals surface area contributed by atoms with Gasteiger partial charge >= 0.3 is 0 Å². The Morgan fingerprint density at radius 3 is 2.20 bits per heavy atom. The van der Waals surface area contributed by atoms with Crippen molar-refractivity contribution in [3.05, 3.63) is 35.4 Å². The molecule has 2 unspecified atom stereocenters. The van der Waals surface area contributed by atoms with Crippen LogP contribution in [0, 0.1) is 6.92 Å². The minimum Gasteiger partial charge on any atom is -0.327 e. The lowest BCUT2D eigenvalue weighted by Gasteiger charge is -2.26. The third kappa shape index (κ3) is 3.65. The summed E-state index contributed by atoms with van der Waals surface area (Å²) < 4.78 is 0. The van der Waals surface area contributed by atoms with E-state index in [0.29, 0.717) is 6.04 Å². The summed E-state index contributed by atoms with van der Waals surface area (Å²) >= 11 is 0. The molecule has 0 fully saturated rings. The summed E-state index contributed by atoms with van der Waals surface area (Å²) in [6.07, 6.45) is 0. The molecule has 1 aromatic rings. The Hall–Kier alpha value is -0.860. The second-order valence-corrected chi connectivity index (χ2v) is 4.50. The van der Waals surface area contributed by atoms with Crippen molar-refractivity contribution in [3.63, 3.8) is 0 Å². The van der Waals surface area contributed by atoms with Crippen molar-refractivity contribution in [2.45, 2.75) is 32.9 Å². The van der Waals surface area contributed by atoms with Gasteiger partial charge in [-0.05, 0) is 33.4 Å². The molecule has 0 radical (unpaired) electrons. The Morgan fingerprint density at radius 1 is 1.20 bits per heavy atom. The standard InChI is InChI=1S/C13H22N2/c1-10-5-7-13(8-6-10)12(3)15(4)9-11(2)14/h5-8,11-12H,9,14H2,1-4H3. The van der Waals surface area contributed by atoms with E-state index in [0.717, 1.165) is 6.54 Å². The third-order valence-electron chi connectivity index (χ3n) is 2.80. The maximum absolute atomic E-state index is 5.79. The molecule has 2 nitrogen and oxygen atoms in total. The van der Waals surface area contributed by atoms with Gasteiger partial charge in [-0.1, -0.05) is 29.8 Å². The highest BCUT2D eigenvalue weighted by Crippen LogP contribution is 2.18. The smallest absolute Gasteiger partial charge is 0.0317 e. The molecule has 84 valence electrons. The molecular weight excluding hydrogens is 184 g/mol. The number of nitrogens with zero attached hydrogens (tertiary/aromatic N) is 1. The van der Waals surface area contributed by atoms with Crippen molar-refractivity contribution in [2.24, 2.45) is 5.73 Å². The van der Waals surface area contributed by atoms with Gasteiger partial charge in [0.05, 0.1) is 0 Å². The second-order valence-electron chi connectivity index (χ2n) is 4.50. The fourth-order valence-electron chi connectivity index (χ4n) is 1.71. The molecule has 0 saturated heterocycles. The molecule has 2 N–H and O–H groups in total. The van der Waals surface area contributed by atoms with E-state index in [-0.39, 0.29) is 6.04 Å². The normalized spacial score (nSPS) is 15.3.